The van der Waals surface area contributed by atoms with Crippen LogP contribution in [0.4, 0.5) is 5.69 Å². The smallest absolute Gasteiger partial charge is 0.336 e. The summed E-state index contributed by atoms with van der Waals surface area (Å²) >= 11 is 0. The van der Waals surface area contributed by atoms with Gasteiger partial charge in [-0.3, -0.25) is 23.3 Å². The Morgan fingerprint density at radius 3 is 2.43 bits per heavy atom. The largest absolute Gasteiger partial charge is 0.478 e. The lowest BCUT2D eigenvalue weighted by atomic mass is 10.1. The standard InChI is InChI=1S/C19H20N4O5/c1-4-23-16-15(17(25)22(3)19(23)28)13(9-14(24)21(16)2)20-10-11-7-5-6-8-12(11)18(26)27/h5-9,20H,4,10H2,1-3H3,(H,26,27). The van der Waals surface area contributed by atoms with Crippen LogP contribution in [0.15, 0.2) is 44.7 Å². The first-order valence-electron chi connectivity index (χ1n) is 8.66. The van der Waals surface area contributed by atoms with Gasteiger partial charge in [0.05, 0.1) is 11.3 Å². The number of aromatic nitrogens is 3. The van der Waals surface area contributed by atoms with Crippen molar-refractivity contribution in [1.82, 2.24) is 13.7 Å². The minimum Gasteiger partial charge on any atom is -0.478 e. The summed E-state index contributed by atoms with van der Waals surface area (Å²) in [6, 6.07) is 7.74. The summed E-state index contributed by atoms with van der Waals surface area (Å²) in [4.78, 5) is 49.0. The molecule has 0 saturated carbocycles. The minimum atomic E-state index is -1.07. The van der Waals surface area contributed by atoms with E-state index in [0.29, 0.717) is 5.56 Å². The van der Waals surface area contributed by atoms with Crippen molar-refractivity contribution in [3.05, 3.63) is 72.7 Å². The number of nitrogens with zero attached hydrogens (tertiary/aromatic N) is 3. The highest BCUT2D eigenvalue weighted by molar-refractivity contribution is 5.90. The highest BCUT2D eigenvalue weighted by atomic mass is 16.4. The molecule has 146 valence electrons. The molecule has 2 heterocycles. The first-order valence-corrected chi connectivity index (χ1v) is 8.66. The predicted octanol–water partition coefficient (Wildman–Crippen LogP) is 0.729. The fourth-order valence-corrected chi connectivity index (χ4v) is 3.24. The van der Waals surface area contributed by atoms with Crippen LogP contribution in [0.2, 0.25) is 0 Å². The Bertz CT molecular complexity index is 1270. The Hall–Kier alpha value is -3.62. The molecule has 0 radical (unpaired) electrons. The number of carbonyl (C=O) groups is 1. The zero-order valence-corrected chi connectivity index (χ0v) is 15.7. The number of aryl methyl sites for hydroxylation is 2. The molecular weight excluding hydrogens is 364 g/mol. The summed E-state index contributed by atoms with van der Waals surface area (Å²) in [6.07, 6.45) is 0. The van der Waals surface area contributed by atoms with Gasteiger partial charge in [-0.1, -0.05) is 18.2 Å². The number of benzene rings is 1. The van der Waals surface area contributed by atoms with Crippen molar-refractivity contribution in [2.24, 2.45) is 14.1 Å². The van der Waals surface area contributed by atoms with Gasteiger partial charge in [-0.15, -0.1) is 0 Å². The highest BCUT2D eigenvalue weighted by Gasteiger charge is 2.18. The molecule has 0 aliphatic heterocycles. The molecule has 9 nitrogen and oxygen atoms in total. The second-order valence-electron chi connectivity index (χ2n) is 6.36. The van der Waals surface area contributed by atoms with Crippen LogP contribution in [-0.4, -0.2) is 24.8 Å². The van der Waals surface area contributed by atoms with Gasteiger partial charge in [0.15, 0.2) is 0 Å². The molecule has 1 aromatic carbocycles. The lowest BCUT2D eigenvalue weighted by Gasteiger charge is -2.17. The van der Waals surface area contributed by atoms with Gasteiger partial charge in [0.2, 0.25) is 0 Å². The van der Waals surface area contributed by atoms with Crippen molar-refractivity contribution in [3.63, 3.8) is 0 Å². The summed E-state index contributed by atoms with van der Waals surface area (Å²) < 4.78 is 3.61. The SMILES string of the molecule is CCn1c(=O)n(C)c(=O)c2c(NCc3ccccc3C(=O)O)cc(=O)n(C)c21. The molecule has 0 amide bonds. The van der Waals surface area contributed by atoms with E-state index in [9.17, 15) is 24.3 Å². The molecule has 0 fully saturated rings. The average Bonchev–Trinajstić information content (AvgIpc) is 2.68. The Balaban J connectivity index is 2.23. The van der Waals surface area contributed by atoms with Crippen LogP contribution in [0.5, 0.6) is 0 Å². The second kappa shape index (κ2) is 7.18. The number of fused-ring (bicyclic) bond motifs is 1. The first kappa shape index (κ1) is 19.2. The van der Waals surface area contributed by atoms with E-state index in [2.05, 4.69) is 5.32 Å². The van der Waals surface area contributed by atoms with E-state index in [1.165, 1.54) is 35.4 Å². The average molecular weight is 384 g/mol. The zero-order chi connectivity index (χ0) is 20.6. The van der Waals surface area contributed by atoms with Crippen LogP contribution in [0, 0.1) is 0 Å². The molecule has 0 aliphatic rings. The van der Waals surface area contributed by atoms with Gasteiger partial charge in [-0.05, 0) is 18.6 Å². The van der Waals surface area contributed by atoms with Crippen molar-refractivity contribution >= 4 is 22.7 Å². The van der Waals surface area contributed by atoms with Gasteiger partial charge in [-0.25, -0.2) is 9.59 Å². The van der Waals surface area contributed by atoms with E-state index >= 15 is 0 Å². The Labute approximate surface area is 159 Å². The number of carboxylic acid groups (broad SMARTS) is 1. The quantitative estimate of drug-likeness (QED) is 0.670. The van der Waals surface area contributed by atoms with E-state index in [1.807, 2.05) is 0 Å². The number of hydrogen-bond donors (Lipinski definition) is 2. The van der Waals surface area contributed by atoms with Crippen molar-refractivity contribution in [1.29, 1.82) is 0 Å². The molecular formula is C19H20N4O5. The summed E-state index contributed by atoms with van der Waals surface area (Å²) in [7, 11) is 2.88. The lowest BCUT2D eigenvalue weighted by molar-refractivity contribution is 0.0696. The number of carboxylic acids is 1. The molecule has 0 saturated heterocycles. The summed E-state index contributed by atoms with van der Waals surface area (Å²) in [5.41, 5.74) is -0.335. The molecule has 3 rings (SSSR count). The third-order valence-corrected chi connectivity index (χ3v) is 4.73. The number of hydrogen-bond acceptors (Lipinski definition) is 5. The molecule has 3 aromatic rings. The molecule has 0 bridgehead atoms. The molecule has 0 spiro atoms. The molecule has 0 atom stereocenters. The molecule has 2 aromatic heterocycles. The van der Waals surface area contributed by atoms with Gasteiger partial charge >= 0.3 is 11.7 Å². The molecule has 0 unspecified atom stereocenters. The van der Waals surface area contributed by atoms with Crippen LogP contribution >= 0.6 is 0 Å². The summed E-state index contributed by atoms with van der Waals surface area (Å²) in [5.74, 6) is -1.07. The topological polar surface area (TPSA) is 115 Å². The van der Waals surface area contributed by atoms with Gasteiger partial charge in [-0.2, -0.15) is 0 Å². The number of anilines is 1. The van der Waals surface area contributed by atoms with Gasteiger partial charge in [0.25, 0.3) is 11.1 Å². The van der Waals surface area contributed by atoms with E-state index in [4.69, 9.17) is 0 Å². The van der Waals surface area contributed by atoms with E-state index < -0.39 is 22.8 Å². The number of nitrogens with one attached hydrogen (secondary N) is 1. The van der Waals surface area contributed by atoms with Gasteiger partial charge < -0.3 is 10.4 Å². The lowest BCUT2D eigenvalue weighted by Crippen LogP contribution is -2.40. The summed E-state index contributed by atoms with van der Waals surface area (Å²) in [5, 5.41) is 12.5. The maximum absolute atomic E-state index is 12.8. The molecule has 9 heteroatoms. The van der Waals surface area contributed by atoms with Crippen molar-refractivity contribution in [2.45, 2.75) is 20.0 Å². The fraction of sp³-hybridized carbons (Fsp3) is 0.263. The Morgan fingerprint density at radius 2 is 1.79 bits per heavy atom. The maximum atomic E-state index is 12.8. The number of pyridine rings is 1. The van der Waals surface area contributed by atoms with Gasteiger partial charge in [0.1, 0.15) is 11.0 Å². The third kappa shape index (κ3) is 3.00. The third-order valence-electron chi connectivity index (χ3n) is 4.73. The van der Waals surface area contributed by atoms with Crippen molar-refractivity contribution in [3.8, 4) is 0 Å². The van der Waals surface area contributed by atoms with Crippen LogP contribution in [0.25, 0.3) is 11.0 Å². The second-order valence-corrected chi connectivity index (χ2v) is 6.36. The van der Waals surface area contributed by atoms with Crippen molar-refractivity contribution < 1.29 is 9.90 Å². The van der Waals surface area contributed by atoms with Crippen LogP contribution in [-0.2, 0) is 27.2 Å². The van der Waals surface area contributed by atoms with Crippen LogP contribution < -0.4 is 22.1 Å². The zero-order valence-electron chi connectivity index (χ0n) is 15.7. The van der Waals surface area contributed by atoms with Crippen LogP contribution in [0.3, 0.4) is 0 Å². The van der Waals surface area contributed by atoms with E-state index in [1.54, 1.807) is 25.1 Å². The Kier molecular flexibility index (Phi) is 4.91. The fourth-order valence-electron chi connectivity index (χ4n) is 3.24. The monoisotopic (exact) mass is 384 g/mol. The van der Waals surface area contributed by atoms with E-state index in [0.717, 1.165) is 4.57 Å². The molecule has 0 aliphatic carbocycles. The first-order chi connectivity index (χ1) is 13.3. The number of rotatable bonds is 5. The van der Waals surface area contributed by atoms with Crippen molar-refractivity contribution in [2.75, 3.05) is 5.32 Å². The Morgan fingerprint density at radius 1 is 1.11 bits per heavy atom. The van der Waals surface area contributed by atoms with E-state index in [-0.39, 0.29) is 35.4 Å². The molecule has 28 heavy (non-hydrogen) atoms. The normalized spacial score (nSPS) is 11.0. The predicted molar refractivity (Wildman–Crippen MR) is 105 cm³/mol. The summed E-state index contributed by atoms with van der Waals surface area (Å²) in [6.45, 7) is 2.13. The minimum absolute atomic E-state index is 0.0964. The maximum Gasteiger partial charge on any atom is 0.336 e. The number of aromatic carboxylic acids is 1. The van der Waals surface area contributed by atoms with Crippen LogP contribution in [0.1, 0.15) is 22.8 Å². The molecule has 2 N–H and O–H groups in total. The highest BCUT2D eigenvalue weighted by Crippen LogP contribution is 2.18. The van der Waals surface area contributed by atoms with Gasteiger partial charge in [0, 0.05) is 33.3 Å².